The van der Waals surface area contributed by atoms with Crippen LogP contribution in [0.4, 0.5) is 0 Å². The summed E-state index contributed by atoms with van der Waals surface area (Å²) < 4.78 is 2.07. The Bertz CT molecular complexity index is 265. The van der Waals surface area contributed by atoms with E-state index in [0.29, 0.717) is 6.04 Å². The highest BCUT2D eigenvalue weighted by Crippen LogP contribution is 2.13. The van der Waals surface area contributed by atoms with Crippen LogP contribution in [0.2, 0.25) is 0 Å². The fourth-order valence-electron chi connectivity index (χ4n) is 1.41. The first kappa shape index (κ1) is 10.3. The van der Waals surface area contributed by atoms with E-state index in [-0.39, 0.29) is 0 Å². The Balaban J connectivity index is 2.96. The van der Waals surface area contributed by atoms with Gasteiger partial charge in [0, 0.05) is 12.6 Å². The van der Waals surface area contributed by atoms with Crippen molar-refractivity contribution >= 4 is 0 Å². The summed E-state index contributed by atoms with van der Waals surface area (Å²) in [6.07, 6.45) is 1.01. The molecule has 1 aromatic heterocycles. The minimum Gasteiger partial charge on any atom is -0.312 e. The molecule has 1 rings (SSSR count). The van der Waals surface area contributed by atoms with Crippen molar-refractivity contribution in [3.63, 3.8) is 0 Å². The third-order valence-electron chi connectivity index (χ3n) is 2.40. The van der Waals surface area contributed by atoms with E-state index in [9.17, 15) is 0 Å². The number of aromatic nitrogens is 2. The van der Waals surface area contributed by atoms with Crippen molar-refractivity contribution in [1.29, 1.82) is 0 Å². The Morgan fingerprint density at radius 2 is 2.23 bits per heavy atom. The maximum Gasteiger partial charge on any atom is 0.0625 e. The first-order chi connectivity index (χ1) is 6.22. The van der Waals surface area contributed by atoms with E-state index >= 15 is 0 Å². The van der Waals surface area contributed by atoms with Gasteiger partial charge in [0.25, 0.3) is 0 Å². The Kier molecular flexibility index (Phi) is 3.48. The molecule has 13 heavy (non-hydrogen) atoms. The van der Waals surface area contributed by atoms with E-state index in [0.717, 1.165) is 13.0 Å². The average molecular weight is 181 g/mol. The van der Waals surface area contributed by atoms with Crippen LogP contribution >= 0.6 is 0 Å². The number of rotatable bonds is 4. The molecule has 1 aromatic rings. The number of nitrogens with one attached hydrogen (secondary N) is 1. The average Bonchev–Trinajstić information content (AvgIpc) is 2.59. The van der Waals surface area contributed by atoms with E-state index in [1.807, 2.05) is 7.05 Å². The Morgan fingerprint density at radius 3 is 2.69 bits per heavy atom. The third kappa shape index (κ3) is 2.10. The SMILES string of the molecule is CCc1cc(C(C)NC)n(CC)n1. The fourth-order valence-corrected chi connectivity index (χ4v) is 1.41. The molecule has 0 aliphatic rings. The van der Waals surface area contributed by atoms with E-state index in [1.165, 1.54) is 11.4 Å². The summed E-state index contributed by atoms with van der Waals surface area (Å²) in [5.74, 6) is 0. The van der Waals surface area contributed by atoms with E-state index in [4.69, 9.17) is 0 Å². The van der Waals surface area contributed by atoms with Gasteiger partial charge in [-0.15, -0.1) is 0 Å². The lowest BCUT2D eigenvalue weighted by atomic mass is 10.2. The topological polar surface area (TPSA) is 29.9 Å². The molecule has 1 N–H and O–H groups in total. The minimum absolute atomic E-state index is 0.382. The highest BCUT2D eigenvalue weighted by atomic mass is 15.3. The number of aryl methyl sites for hydroxylation is 2. The molecular formula is C10H19N3. The second-order valence-corrected chi connectivity index (χ2v) is 3.24. The third-order valence-corrected chi connectivity index (χ3v) is 2.40. The quantitative estimate of drug-likeness (QED) is 0.767. The van der Waals surface area contributed by atoms with E-state index < -0.39 is 0 Å². The maximum atomic E-state index is 4.49. The molecule has 0 radical (unpaired) electrons. The smallest absolute Gasteiger partial charge is 0.0625 e. The zero-order chi connectivity index (χ0) is 9.84. The van der Waals surface area contributed by atoms with Crippen molar-refractivity contribution in [2.45, 2.75) is 39.8 Å². The molecule has 1 atom stereocenters. The van der Waals surface area contributed by atoms with Gasteiger partial charge in [0.15, 0.2) is 0 Å². The first-order valence-corrected chi connectivity index (χ1v) is 4.96. The summed E-state index contributed by atoms with van der Waals surface area (Å²) in [4.78, 5) is 0. The van der Waals surface area contributed by atoms with Gasteiger partial charge in [-0.25, -0.2) is 0 Å². The van der Waals surface area contributed by atoms with Crippen LogP contribution in [-0.2, 0) is 13.0 Å². The zero-order valence-electron chi connectivity index (χ0n) is 8.96. The lowest BCUT2D eigenvalue weighted by Crippen LogP contribution is -2.16. The van der Waals surface area contributed by atoms with E-state index in [2.05, 4.69) is 41.9 Å². The Morgan fingerprint density at radius 1 is 1.54 bits per heavy atom. The lowest BCUT2D eigenvalue weighted by molar-refractivity contribution is 0.542. The minimum atomic E-state index is 0.382. The lowest BCUT2D eigenvalue weighted by Gasteiger charge is -2.11. The highest BCUT2D eigenvalue weighted by molar-refractivity contribution is 5.13. The summed E-state index contributed by atoms with van der Waals surface area (Å²) >= 11 is 0. The van der Waals surface area contributed by atoms with Gasteiger partial charge in [0.1, 0.15) is 0 Å². The molecule has 1 heterocycles. The molecule has 0 bridgehead atoms. The Hall–Kier alpha value is -0.830. The van der Waals surface area contributed by atoms with Crippen molar-refractivity contribution in [2.24, 2.45) is 0 Å². The van der Waals surface area contributed by atoms with Gasteiger partial charge in [-0.3, -0.25) is 4.68 Å². The van der Waals surface area contributed by atoms with Gasteiger partial charge < -0.3 is 5.32 Å². The van der Waals surface area contributed by atoms with Gasteiger partial charge in [-0.2, -0.15) is 5.10 Å². The standard InChI is InChI=1S/C10H19N3/c1-5-9-7-10(8(3)11-4)13(6-2)12-9/h7-8,11H,5-6H2,1-4H3. The van der Waals surface area contributed by atoms with Crippen LogP contribution in [-0.4, -0.2) is 16.8 Å². The van der Waals surface area contributed by atoms with Gasteiger partial charge in [-0.05, 0) is 33.4 Å². The van der Waals surface area contributed by atoms with Crippen molar-refractivity contribution < 1.29 is 0 Å². The fraction of sp³-hybridized carbons (Fsp3) is 0.700. The largest absolute Gasteiger partial charge is 0.312 e. The van der Waals surface area contributed by atoms with Crippen LogP contribution in [0.1, 0.15) is 38.2 Å². The summed E-state index contributed by atoms with van der Waals surface area (Å²) in [7, 11) is 1.98. The van der Waals surface area contributed by atoms with Crippen LogP contribution in [0.5, 0.6) is 0 Å². The van der Waals surface area contributed by atoms with Crippen LogP contribution in [0, 0.1) is 0 Å². The summed E-state index contributed by atoms with van der Waals surface area (Å²) in [5, 5.41) is 7.73. The van der Waals surface area contributed by atoms with Gasteiger partial charge >= 0.3 is 0 Å². The van der Waals surface area contributed by atoms with Crippen molar-refractivity contribution in [3.05, 3.63) is 17.5 Å². The molecule has 74 valence electrons. The number of nitrogens with zero attached hydrogens (tertiary/aromatic N) is 2. The molecule has 3 nitrogen and oxygen atoms in total. The highest BCUT2D eigenvalue weighted by Gasteiger charge is 2.10. The van der Waals surface area contributed by atoms with Crippen molar-refractivity contribution in [2.75, 3.05) is 7.05 Å². The molecule has 0 fully saturated rings. The van der Waals surface area contributed by atoms with Crippen LogP contribution in [0.3, 0.4) is 0 Å². The van der Waals surface area contributed by atoms with Gasteiger partial charge in [0.2, 0.25) is 0 Å². The monoisotopic (exact) mass is 181 g/mol. The van der Waals surface area contributed by atoms with Crippen LogP contribution in [0.15, 0.2) is 6.07 Å². The van der Waals surface area contributed by atoms with Gasteiger partial charge in [-0.1, -0.05) is 6.92 Å². The van der Waals surface area contributed by atoms with E-state index in [1.54, 1.807) is 0 Å². The molecule has 0 aliphatic heterocycles. The van der Waals surface area contributed by atoms with Crippen molar-refractivity contribution in [3.8, 4) is 0 Å². The van der Waals surface area contributed by atoms with Crippen LogP contribution in [0.25, 0.3) is 0 Å². The molecule has 0 saturated heterocycles. The molecule has 1 unspecified atom stereocenters. The number of hydrogen-bond donors (Lipinski definition) is 1. The van der Waals surface area contributed by atoms with Gasteiger partial charge in [0.05, 0.1) is 11.4 Å². The first-order valence-electron chi connectivity index (χ1n) is 4.96. The molecule has 0 aromatic carbocycles. The summed E-state index contributed by atoms with van der Waals surface area (Å²) in [6, 6.07) is 2.57. The second-order valence-electron chi connectivity index (χ2n) is 3.24. The van der Waals surface area contributed by atoms with Crippen LogP contribution < -0.4 is 5.32 Å². The normalized spacial score (nSPS) is 13.2. The van der Waals surface area contributed by atoms with Crippen molar-refractivity contribution in [1.82, 2.24) is 15.1 Å². The Labute approximate surface area is 80.1 Å². The number of hydrogen-bond acceptors (Lipinski definition) is 2. The molecule has 0 amide bonds. The maximum absolute atomic E-state index is 4.49. The second kappa shape index (κ2) is 4.42. The molecule has 0 aliphatic carbocycles. The zero-order valence-corrected chi connectivity index (χ0v) is 8.96. The summed E-state index contributed by atoms with van der Waals surface area (Å²) in [6.45, 7) is 7.36. The summed E-state index contributed by atoms with van der Waals surface area (Å²) in [5.41, 5.74) is 2.46. The molecule has 0 spiro atoms. The predicted molar refractivity (Wildman–Crippen MR) is 54.8 cm³/mol. The molecular weight excluding hydrogens is 162 g/mol. The predicted octanol–water partition coefficient (Wildman–Crippen LogP) is 1.75. The molecule has 3 heteroatoms. The molecule has 0 saturated carbocycles.